The molecule has 0 atom stereocenters. The molecular weight excluding hydrogens is 949 g/mol. The molecule has 0 radical (unpaired) electrons. The van der Waals surface area contributed by atoms with Crippen LogP contribution in [0.15, 0.2) is 182 Å². The van der Waals surface area contributed by atoms with Gasteiger partial charge in [0.1, 0.15) is 29.0 Å². The molecule has 0 aliphatic carbocycles. The van der Waals surface area contributed by atoms with Crippen LogP contribution in [0.1, 0.15) is 0 Å². The van der Waals surface area contributed by atoms with Crippen LogP contribution in [-0.4, -0.2) is 34.9 Å². The van der Waals surface area contributed by atoms with Gasteiger partial charge < -0.3 is 24.0 Å². The number of fused-ring (bicyclic) bond motifs is 1. The Kier molecular flexibility index (Phi) is 13.1. The molecule has 13 heteroatoms. The quantitative estimate of drug-likeness (QED) is 0.116. The fourth-order valence-electron chi connectivity index (χ4n) is 6.70. The van der Waals surface area contributed by atoms with E-state index in [1.165, 1.54) is 59.3 Å². The van der Waals surface area contributed by atoms with Crippen molar-refractivity contribution in [2.24, 2.45) is 0 Å². The summed E-state index contributed by atoms with van der Waals surface area (Å²) in [5, 5.41) is 2.40. The molecule has 0 N–H and O–H groups in total. The van der Waals surface area contributed by atoms with Gasteiger partial charge >= 0.3 is 0 Å². The van der Waals surface area contributed by atoms with Crippen molar-refractivity contribution in [1.29, 1.82) is 0 Å². The van der Waals surface area contributed by atoms with Crippen LogP contribution in [-0.2, 0) is 0 Å². The lowest BCUT2D eigenvalue weighted by atomic mass is 9.99. The number of nitrogens with zero attached hydrogens (tertiary/aromatic N) is 7. The summed E-state index contributed by atoms with van der Waals surface area (Å²) in [6, 6.07) is 52.1. The molecule has 3 aromatic heterocycles. The van der Waals surface area contributed by atoms with Gasteiger partial charge in [-0.15, -0.1) is 0 Å². The molecule has 0 saturated carbocycles. The summed E-state index contributed by atoms with van der Waals surface area (Å²) in [7, 11) is 0. The molecule has 0 aliphatic rings. The Morgan fingerprint density at radius 2 is 0.656 bits per heavy atom. The van der Waals surface area contributed by atoms with Crippen LogP contribution in [0.2, 0.25) is 5.28 Å². The molecule has 3 heterocycles. The van der Waals surface area contributed by atoms with Crippen LogP contribution in [0.25, 0.3) is 90.2 Å². The number of hydrogen-bond donors (Lipinski definition) is 0. The second kappa shape index (κ2) is 19.4. The van der Waals surface area contributed by atoms with Gasteiger partial charge in [-0.25, -0.2) is 42.5 Å². The van der Waals surface area contributed by atoms with Crippen molar-refractivity contribution >= 4 is 22.4 Å². The minimum absolute atomic E-state index is 0. The predicted octanol–water partition coefficient (Wildman–Crippen LogP) is 10.2. The molecule has 7 nitrogen and oxygen atoms in total. The zero-order valence-corrected chi connectivity index (χ0v) is 36.1. The van der Waals surface area contributed by atoms with Crippen LogP contribution in [0.3, 0.4) is 0 Å². The lowest BCUT2D eigenvalue weighted by molar-refractivity contribution is -0.0000150. The second-order valence-electron chi connectivity index (χ2n) is 14.1. The fourth-order valence-corrected chi connectivity index (χ4v) is 6.86. The summed E-state index contributed by atoms with van der Waals surface area (Å²) in [5.74, 6) is 0.337. The topological polar surface area (TPSA) is 90.2 Å². The molecule has 0 saturated heterocycles. The first-order valence-corrected chi connectivity index (χ1v) is 19.9. The molecule has 0 spiro atoms. The molecule has 10 aromatic rings. The third-order valence-corrected chi connectivity index (χ3v) is 10.0. The molecule has 10 rings (SSSR count). The Morgan fingerprint density at radius 3 is 1.16 bits per heavy atom. The van der Waals surface area contributed by atoms with E-state index in [9.17, 15) is 17.6 Å². The standard InChI is InChI=1S/C36H22F2N4.C15H8ClF2N3.HI/c37-30-17-13-24(14-18-30)34-40-35(25-15-19-31(38)20-16-25)42-36(41-34)33-10-4-9-32(39-33)29-8-3-7-27(22-29)28-12-11-23-5-1-2-6-26(23)21-28;16-15-20-13(9-1-5-11(17)6-2-9)19-14(21-15)10-3-7-12(18)8-4-10;/h1-22H;1-8H;1H/p-1. The smallest absolute Gasteiger partial charge is 0.226 e. The highest BCUT2D eigenvalue weighted by Crippen LogP contribution is 2.30. The van der Waals surface area contributed by atoms with Crippen molar-refractivity contribution in [2.45, 2.75) is 0 Å². The largest absolute Gasteiger partial charge is 1.00 e. The van der Waals surface area contributed by atoms with Crippen LogP contribution in [0.4, 0.5) is 17.6 Å². The molecule has 0 bridgehead atoms. The van der Waals surface area contributed by atoms with Crippen molar-refractivity contribution in [3.8, 4) is 79.5 Å². The maximum absolute atomic E-state index is 13.6. The van der Waals surface area contributed by atoms with Crippen molar-refractivity contribution in [2.75, 3.05) is 0 Å². The summed E-state index contributed by atoms with van der Waals surface area (Å²) < 4.78 is 53.2. The van der Waals surface area contributed by atoms with Crippen LogP contribution in [0.5, 0.6) is 0 Å². The number of pyridine rings is 1. The summed E-state index contributed by atoms with van der Waals surface area (Å²) in [5.41, 5.74) is 6.97. The monoisotopic (exact) mass is 978 g/mol. The Hall–Kier alpha value is -7.29. The minimum atomic E-state index is -0.355. The number of aromatic nitrogens is 7. The van der Waals surface area contributed by atoms with Gasteiger partial charge in [0.25, 0.3) is 0 Å². The molecule has 0 amide bonds. The van der Waals surface area contributed by atoms with E-state index in [0.29, 0.717) is 57.1 Å². The first-order chi connectivity index (χ1) is 30.7. The molecular formula is C51H30ClF4IN7-. The van der Waals surface area contributed by atoms with Crippen molar-refractivity contribution < 1.29 is 41.5 Å². The molecule has 312 valence electrons. The van der Waals surface area contributed by atoms with Gasteiger partial charge in [-0.2, -0.15) is 9.97 Å². The van der Waals surface area contributed by atoms with Crippen LogP contribution in [0, 0.1) is 23.3 Å². The number of rotatable bonds is 7. The van der Waals surface area contributed by atoms with Gasteiger partial charge in [0.15, 0.2) is 29.1 Å². The third kappa shape index (κ3) is 10.1. The average Bonchev–Trinajstić information content (AvgIpc) is 3.32. The van der Waals surface area contributed by atoms with E-state index in [0.717, 1.165) is 22.4 Å². The van der Waals surface area contributed by atoms with Gasteiger partial charge in [0, 0.05) is 27.8 Å². The zero-order valence-electron chi connectivity index (χ0n) is 33.2. The first kappa shape index (κ1) is 43.4. The highest BCUT2D eigenvalue weighted by atomic mass is 127. The van der Waals surface area contributed by atoms with Gasteiger partial charge in [0.2, 0.25) is 5.28 Å². The Labute approximate surface area is 386 Å². The van der Waals surface area contributed by atoms with Gasteiger partial charge in [0.05, 0.1) is 5.69 Å². The van der Waals surface area contributed by atoms with E-state index >= 15 is 0 Å². The molecule has 0 unspecified atom stereocenters. The summed E-state index contributed by atoms with van der Waals surface area (Å²) >= 11 is 5.90. The highest BCUT2D eigenvalue weighted by molar-refractivity contribution is 6.28. The third-order valence-electron chi connectivity index (χ3n) is 9.87. The van der Waals surface area contributed by atoms with E-state index in [2.05, 4.69) is 62.4 Å². The predicted molar refractivity (Wildman–Crippen MR) is 238 cm³/mol. The number of benzene rings is 7. The van der Waals surface area contributed by atoms with E-state index in [1.54, 1.807) is 48.5 Å². The zero-order chi connectivity index (χ0) is 43.3. The van der Waals surface area contributed by atoms with Gasteiger partial charge in [-0.3, -0.25) is 0 Å². The summed E-state index contributed by atoms with van der Waals surface area (Å²) in [4.78, 5) is 31.3. The number of hydrogen-bond acceptors (Lipinski definition) is 7. The SMILES string of the molecule is Fc1ccc(-c2nc(-c3ccc(F)cc3)nc(-c3cccc(-c4cccc(-c5ccc6ccccc6c5)c4)n3)n2)cc1.Fc1ccc(-c2nc(Cl)nc(-c3ccc(F)cc3)n2)cc1.[I-]. The van der Waals surface area contributed by atoms with E-state index < -0.39 is 0 Å². The van der Waals surface area contributed by atoms with E-state index in [-0.39, 0.29) is 52.5 Å². The molecule has 64 heavy (non-hydrogen) atoms. The Bertz CT molecular complexity index is 3100. The maximum atomic E-state index is 13.6. The van der Waals surface area contributed by atoms with Crippen LogP contribution >= 0.6 is 11.6 Å². The lowest BCUT2D eigenvalue weighted by Crippen LogP contribution is -3.00. The highest BCUT2D eigenvalue weighted by Gasteiger charge is 2.15. The average molecular weight is 979 g/mol. The molecule has 0 fully saturated rings. The van der Waals surface area contributed by atoms with Gasteiger partial charge in [-0.1, -0.05) is 60.7 Å². The Balaban J connectivity index is 0.000000214. The van der Waals surface area contributed by atoms with E-state index in [4.69, 9.17) is 26.6 Å². The minimum Gasteiger partial charge on any atom is -1.00 e. The number of halogens is 6. The van der Waals surface area contributed by atoms with Crippen molar-refractivity contribution in [1.82, 2.24) is 34.9 Å². The van der Waals surface area contributed by atoms with Crippen LogP contribution < -0.4 is 24.0 Å². The first-order valence-electron chi connectivity index (χ1n) is 19.5. The Morgan fingerprint density at radius 1 is 0.281 bits per heavy atom. The molecule has 7 aromatic carbocycles. The van der Waals surface area contributed by atoms with Crippen molar-refractivity contribution in [3.63, 3.8) is 0 Å². The van der Waals surface area contributed by atoms with Gasteiger partial charge in [-0.05, 0) is 155 Å². The normalized spacial score (nSPS) is 10.8. The lowest BCUT2D eigenvalue weighted by Gasteiger charge is -2.10. The summed E-state index contributed by atoms with van der Waals surface area (Å²) in [6.07, 6.45) is 0. The second-order valence-corrected chi connectivity index (χ2v) is 14.5. The van der Waals surface area contributed by atoms with Crippen molar-refractivity contribution in [3.05, 3.63) is 211 Å². The van der Waals surface area contributed by atoms with E-state index in [1.807, 2.05) is 42.5 Å². The summed E-state index contributed by atoms with van der Waals surface area (Å²) in [6.45, 7) is 0. The maximum Gasteiger partial charge on any atom is 0.226 e. The fraction of sp³-hybridized carbons (Fsp3) is 0. The molecule has 0 aliphatic heterocycles.